The zero-order chi connectivity index (χ0) is 24.0. The van der Waals surface area contributed by atoms with Gasteiger partial charge in [-0.1, -0.05) is 44.2 Å². The number of hydrogen-bond acceptors (Lipinski definition) is 6. The van der Waals surface area contributed by atoms with Crippen LogP contribution in [0.15, 0.2) is 30.3 Å². The SMILES string of the molecule is C1CC2CCCN2C1.CC.CC(C)(C)OC=O.CCOCc1ccccc1.COC=O. The molecule has 6 nitrogen and oxygen atoms in total. The van der Waals surface area contributed by atoms with Gasteiger partial charge in [0.2, 0.25) is 0 Å². The molecule has 0 saturated carbocycles. The van der Waals surface area contributed by atoms with Crippen LogP contribution in [-0.4, -0.2) is 56.3 Å². The van der Waals surface area contributed by atoms with Crippen LogP contribution in [0.4, 0.5) is 0 Å². The molecule has 6 heteroatoms. The summed E-state index contributed by atoms with van der Waals surface area (Å²) in [5.74, 6) is 0. The van der Waals surface area contributed by atoms with E-state index >= 15 is 0 Å². The van der Waals surface area contributed by atoms with Crippen molar-refractivity contribution < 1.29 is 23.8 Å². The Morgan fingerprint density at radius 2 is 1.52 bits per heavy atom. The number of fused-ring (bicyclic) bond motifs is 1. The number of rotatable bonds is 5. The molecule has 0 bridgehead atoms. The Kier molecular flexibility index (Phi) is 21.5. The maximum atomic E-state index is 9.60. The second-order valence-corrected chi connectivity index (χ2v) is 7.76. The molecule has 0 amide bonds. The normalized spacial score (nSPS) is 14.5. The summed E-state index contributed by atoms with van der Waals surface area (Å²) in [6, 6.07) is 11.2. The molecule has 0 aromatic heterocycles. The molecule has 31 heavy (non-hydrogen) atoms. The van der Waals surface area contributed by atoms with Crippen LogP contribution in [0.5, 0.6) is 0 Å². The number of benzene rings is 1. The Balaban J connectivity index is 0. The van der Waals surface area contributed by atoms with E-state index < -0.39 is 0 Å². The fourth-order valence-corrected chi connectivity index (χ4v) is 2.98. The van der Waals surface area contributed by atoms with E-state index in [4.69, 9.17) is 9.53 Å². The topological polar surface area (TPSA) is 65.1 Å². The van der Waals surface area contributed by atoms with Crippen LogP contribution in [0.2, 0.25) is 0 Å². The third-order valence-electron chi connectivity index (χ3n) is 4.30. The molecule has 180 valence electrons. The van der Waals surface area contributed by atoms with E-state index in [1.54, 1.807) is 0 Å². The van der Waals surface area contributed by atoms with Crippen molar-refractivity contribution in [3.63, 3.8) is 0 Å². The Labute approximate surface area is 190 Å². The first kappa shape index (κ1) is 31.3. The summed E-state index contributed by atoms with van der Waals surface area (Å²) in [5.41, 5.74) is 0.922. The van der Waals surface area contributed by atoms with E-state index in [1.165, 1.54) is 51.4 Å². The molecule has 0 N–H and O–H groups in total. The molecule has 2 saturated heterocycles. The highest BCUT2D eigenvalue weighted by Crippen LogP contribution is 2.26. The van der Waals surface area contributed by atoms with Crippen LogP contribution < -0.4 is 0 Å². The minimum atomic E-state index is -0.318. The average Bonchev–Trinajstić information content (AvgIpc) is 3.40. The molecule has 0 aliphatic carbocycles. The fraction of sp³-hybridized carbons (Fsp3) is 0.680. The maximum Gasteiger partial charge on any atom is 0.293 e. The minimum Gasteiger partial charge on any atom is -0.471 e. The molecule has 3 rings (SSSR count). The molecule has 2 fully saturated rings. The van der Waals surface area contributed by atoms with Gasteiger partial charge in [-0.15, -0.1) is 0 Å². The summed E-state index contributed by atoms with van der Waals surface area (Å²) >= 11 is 0. The molecule has 1 aromatic rings. The molecule has 0 unspecified atom stereocenters. The summed E-state index contributed by atoms with van der Waals surface area (Å²) in [6.07, 6.45) is 5.90. The highest BCUT2D eigenvalue weighted by Gasteiger charge is 2.27. The highest BCUT2D eigenvalue weighted by molar-refractivity contribution is 5.37. The lowest BCUT2D eigenvalue weighted by Crippen LogP contribution is -2.21. The molecule has 2 heterocycles. The van der Waals surface area contributed by atoms with Gasteiger partial charge in [0.1, 0.15) is 5.60 Å². The number of methoxy groups -OCH3 is 1. The smallest absolute Gasteiger partial charge is 0.293 e. The third kappa shape index (κ3) is 19.8. The van der Waals surface area contributed by atoms with E-state index in [9.17, 15) is 4.79 Å². The Morgan fingerprint density at radius 1 is 1.00 bits per heavy atom. The van der Waals surface area contributed by atoms with Crippen molar-refractivity contribution in [1.82, 2.24) is 4.90 Å². The third-order valence-corrected chi connectivity index (χ3v) is 4.30. The minimum absolute atomic E-state index is 0.318. The summed E-state index contributed by atoms with van der Waals surface area (Å²) in [5, 5.41) is 0. The van der Waals surface area contributed by atoms with Crippen LogP contribution in [0.25, 0.3) is 0 Å². The molecule has 1 aromatic carbocycles. The van der Waals surface area contributed by atoms with Gasteiger partial charge in [0.05, 0.1) is 13.7 Å². The number of hydrogen-bond donors (Lipinski definition) is 0. The lowest BCUT2D eigenvalue weighted by atomic mass is 10.2. The fourth-order valence-electron chi connectivity index (χ4n) is 2.98. The van der Waals surface area contributed by atoms with Gasteiger partial charge < -0.3 is 19.1 Å². The number of carbonyl (C=O) groups excluding carboxylic acids is 2. The predicted molar refractivity (Wildman–Crippen MR) is 127 cm³/mol. The van der Waals surface area contributed by atoms with E-state index in [0.717, 1.165) is 19.3 Å². The number of nitrogens with zero attached hydrogens (tertiary/aromatic N) is 1. The molecule has 2 aliphatic rings. The monoisotopic (exact) mass is 439 g/mol. The first-order chi connectivity index (χ1) is 14.9. The number of ether oxygens (including phenoxy) is 3. The Morgan fingerprint density at radius 3 is 1.84 bits per heavy atom. The largest absolute Gasteiger partial charge is 0.471 e. The summed E-state index contributed by atoms with van der Waals surface area (Å²) < 4.78 is 13.6. The van der Waals surface area contributed by atoms with Gasteiger partial charge in [0.15, 0.2) is 0 Å². The highest BCUT2D eigenvalue weighted by atomic mass is 16.5. The van der Waals surface area contributed by atoms with Crippen LogP contribution in [0, 0.1) is 0 Å². The summed E-state index contributed by atoms with van der Waals surface area (Å²) in [7, 11) is 1.31. The second-order valence-electron chi connectivity index (χ2n) is 7.76. The van der Waals surface area contributed by atoms with Gasteiger partial charge in [0, 0.05) is 12.6 Å². The van der Waals surface area contributed by atoms with Crippen LogP contribution in [0.1, 0.15) is 72.8 Å². The Hall–Kier alpha value is -1.92. The van der Waals surface area contributed by atoms with Crippen molar-refractivity contribution in [1.29, 1.82) is 0 Å². The van der Waals surface area contributed by atoms with Crippen molar-refractivity contribution in [3.8, 4) is 0 Å². The first-order valence-electron chi connectivity index (χ1n) is 11.3. The van der Waals surface area contributed by atoms with E-state index in [2.05, 4.69) is 26.5 Å². The zero-order valence-corrected chi connectivity index (χ0v) is 20.8. The molecular weight excluding hydrogens is 394 g/mol. The van der Waals surface area contributed by atoms with E-state index in [1.807, 2.05) is 59.7 Å². The maximum absolute atomic E-state index is 9.60. The summed E-state index contributed by atoms with van der Waals surface area (Å²) in [4.78, 5) is 21.2. The standard InChI is InChI=1S/C9H12O.C7H13N.C5H10O2.C2H4O2.C2H6/c1-2-10-8-9-6-4-3-5-7-9;1-3-7-4-2-6-8(7)5-1;1-5(2,3)7-4-6;1-4-2-3;1-2/h3-7H,2,8H2,1H3;7H,1-6H2;4H,1-3H3;2H,1H3;1-2H3. The molecular formula is C25H45NO5. The van der Waals surface area contributed by atoms with Gasteiger partial charge in [-0.3, -0.25) is 9.59 Å². The zero-order valence-electron chi connectivity index (χ0n) is 20.8. The lowest BCUT2D eigenvalue weighted by molar-refractivity contribution is -0.138. The number of carbonyl (C=O) groups is 2. The van der Waals surface area contributed by atoms with Crippen LogP contribution in [0.3, 0.4) is 0 Å². The first-order valence-corrected chi connectivity index (χ1v) is 11.3. The lowest BCUT2D eigenvalue weighted by Gasteiger charge is -2.14. The van der Waals surface area contributed by atoms with Crippen molar-refractivity contribution in [2.45, 2.75) is 85.5 Å². The average molecular weight is 440 g/mol. The van der Waals surface area contributed by atoms with Gasteiger partial charge in [0.25, 0.3) is 12.9 Å². The van der Waals surface area contributed by atoms with Gasteiger partial charge in [-0.25, -0.2) is 0 Å². The molecule has 0 radical (unpaired) electrons. The van der Waals surface area contributed by atoms with Gasteiger partial charge >= 0.3 is 0 Å². The van der Waals surface area contributed by atoms with Crippen molar-refractivity contribution in [2.75, 3.05) is 26.8 Å². The van der Waals surface area contributed by atoms with Crippen LogP contribution >= 0.6 is 0 Å². The second kappa shape index (κ2) is 21.3. The van der Waals surface area contributed by atoms with Crippen LogP contribution in [-0.2, 0) is 30.4 Å². The summed E-state index contributed by atoms with van der Waals surface area (Å²) in [6.45, 7) is 16.6. The van der Waals surface area contributed by atoms with E-state index in [-0.39, 0.29) is 5.60 Å². The molecule has 0 spiro atoms. The quantitative estimate of drug-likeness (QED) is 0.585. The van der Waals surface area contributed by atoms with E-state index in [0.29, 0.717) is 12.9 Å². The van der Waals surface area contributed by atoms with Gasteiger partial charge in [-0.05, 0) is 72.0 Å². The molecule has 0 atom stereocenters. The van der Waals surface area contributed by atoms with Crippen molar-refractivity contribution >= 4 is 12.9 Å². The van der Waals surface area contributed by atoms with Crippen molar-refractivity contribution in [2.24, 2.45) is 0 Å². The Bertz CT molecular complexity index is 496. The predicted octanol–water partition coefficient (Wildman–Crippen LogP) is 5.24. The molecule has 2 aliphatic heterocycles. The van der Waals surface area contributed by atoms with Crippen molar-refractivity contribution in [3.05, 3.63) is 35.9 Å². The van der Waals surface area contributed by atoms with Gasteiger partial charge in [-0.2, -0.15) is 0 Å².